The van der Waals surface area contributed by atoms with Gasteiger partial charge in [0.15, 0.2) is 0 Å². The number of amides is 2. The van der Waals surface area contributed by atoms with Crippen LogP contribution >= 0.6 is 0 Å². The number of hydrogen-bond donors (Lipinski definition) is 2. The van der Waals surface area contributed by atoms with Crippen molar-refractivity contribution in [2.75, 3.05) is 31.6 Å². The largest absolute Gasteiger partial charge is 0.447 e. The smallest absolute Gasteiger partial charge is 0.414 e. The van der Waals surface area contributed by atoms with Crippen molar-refractivity contribution < 1.29 is 18.7 Å². The van der Waals surface area contributed by atoms with E-state index in [1.165, 1.54) is 6.07 Å². The van der Waals surface area contributed by atoms with Gasteiger partial charge in [-0.2, -0.15) is 0 Å². The standard InChI is InChI=1S/C25H31FN4O3/c1-29(24(31)18-9-11-22(12-10-18)30-14-15-33-25(30)32)13-4-2-3-8-21-17-23(28-27-21)19-6-5-7-20(26)16-19/h5-7,9-12,16,21,23,27-28H,2-4,8,13-15,17H2,1H3. The highest BCUT2D eigenvalue weighted by atomic mass is 19.1. The summed E-state index contributed by atoms with van der Waals surface area (Å²) in [4.78, 5) is 27.7. The number of hydrazine groups is 1. The average Bonchev–Trinajstić information content (AvgIpc) is 3.47. The van der Waals surface area contributed by atoms with Gasteiger partial charge in [0.05, 0.1) is 6.54 Å². The number of halogens is 1. The van der Waals surface area contributed by atoms with Crippen LogP contribution in [0.4, 0.5) is 14.9 Å². The first-order valence-electron chi connectivity index (χ1n) is 11.6. The number of carbonyl (C=O) groups excluding carboxylic acids is 2. The molecule has 2 aromatic rings. The van der Waals surface area contributed by atoms with Crippen molar-refractivity contribution in [3.63, 3.8) is 0 Å². The molecule has 2 unspecified atom stereocenters. The molecule has 4 rings (SSSR count). The summed E-state index contributed by atoms with van der Waals surface area (Å²) >= 11 is 0. The molecule has 176 valence electrons. The van der Waals surface area contributed by atoms with Crippen molar-refractivity contribution in [3.05, 3.63) is 65.5 Å². The molecule has 2 fully saturated rings. The van der Waals surface area contributed by atoms with Gasteiger partial charge in [-0.25, -0.2) is 9.18 Å². The third-order valence-corrected chi connectivity index (χ3v) is 6.31. The highest BCUT2D eigenvalue weighted by molar-refractivity contribution is 5.95. The number of nitrogens with zero attached hydrogens (tertiary/aromatic N) is 2. The van der Waals surface area contributed by atoms with Crippen molar-refractivity contribution in [1.29, 1.82) is 0 Å². The van der Waals surface area contributed by atoms with E-state index in [1.807, 2.05) is 13.1 Å². The fourth-order valence-electron chi connectivity index (χ4n) is 4.40. The average molecular weight is 455 g/mol. The molecule has 33 heavy (non-hydrogen) atoms. The molecular weight excluding hydrogens is 423 g/mol. The first kappa shape index (κ1) is 23.2. The summed E-state index contributed by atoms with van der Waals surface area (Å²) in [6, 6.07) is 14.3. The molecule has 0 spiro atoms. The van der Waals surface area contributed by atoms with Gasteiger partial charge in [-0.1, -0.05) is 25.0 Å². The van der Waals surface area contributed by atoms with E-state index in [0.29, 0.717) is 31.3 Å². The summed E-state index contributed by atoms with van der Waals surface area (Å²) in [5.41, 5.74) is 8.91. The molecule has 0 saturated carbocycles. The fraction of sp³-hybridized carbons (Fsp3) is 0.440. The third-order valence-electron chi connectivity index (χ3n) is 6.31. The zero-order chi connectivity index (χ0) is 23.2. The quantitative estimate of drug-likeness (QED) is 0.560. The van der Waals surface area contributed by atoms with Gasteiger partial charge in [-0.15, -0.1) is 0 Å². The Labute approximate surface area is 193 Å². The predicted molar refractivity (Wildman–Crippen MR) is 124 cm³/mol. The van der Waals surface area contributed by atoms with Crippen molar-refractivity contribution in [3.8, 4) is 0 Å². The SMILES string of the molecule is CN(CCCCCC1CC(c2cccc(F)c2)NN1)C(=O)c1ccc(N2CCOC2=O)cc1. The van der Waals surface area contributed by atoms with Crippen LogP contribution in [0, 0.1) is 5.82 Å². The Morgan fingerprint density at radius 2 is 1.97 bits per heavy atom. The van der Waals surface area contributed by atoms with E-state index in [2.05, 4.69) is 10.9 Å². The molecule has 7 nitrogen and oxygen atoms in total. The van der Waals surface area contributed by atoms with Crippen molar-refractivity contribution in [2.45, 2.75) is 44.2 Å². The Balaban J connectivity index is 1.14. The molecule has 2 heterocycles. The fourth-order valence-corrected chi connectivity index (χ4v) is 4.40. The van der Waals surface area contributed by atoms with Crippen LogP contribution in [0.5, 0.6) is 0 Å². The number of carbonyl (C=O) groups is 2. The predicted octanol–water partition coefficient (Wildman–Crippen LogP) is 4.02. The molecule has 0 aromatic heterocycles. The van der Waals surface area contributed by atoms with Gasteiger partial charge in [-0.05, 0) is 61.2 Å². The number of benzene rings is 2. The molecule has 2 saturated heterocycles. The van der Waals surface area contributed by atoms with Gasteiger partial charge in [0.1, 0.15) is 12.4 Å². The van der Waals surface area contributed by atoms with E-state index in [9.17, 15) is 14.0 Å². The van der Waals surface area contributed by atoms with Crippen LogP contribution in [0.1, 0.15) is 54.1 Å². The Bertz CT molecular complexity index is 968. The lowest BCUT2D eigenvalue weighted by Gasteiger charge is -2.18. The van der Waals surface area contributed by atoms with Crippen LogP contribution in [0.15, 0.2) is 48.5 Å². The van der Waals surface area contributed by atoms with E-state index in [-0.39, 0.29) is 23.9 Å². The van der Waals surface area contributed by atoms with Crippen molar-refractivity contribution >= 4 is 17.7 Å². The topological polar surface area (TPSA) is 73.9 Å². The van der Waals surface area contributed by atoms with Crippen LogP contribution in [0.2, 0.25) is 0 Å². The first-order valence-corrected chi connectivity index (χ1v) is 11.6. The van der Waals surface area contributed by atoms with Gasteiger partial charge >= 0.3 is 6.09 Å². The molecule has 0 bridgehead atoms. The van der Waals surface area contributed by atoms with E-state index in [0.717, 1.165) is 43.4 Å². The summed E-state index contributed by atoms with van der Waals surface area (Å²) in [5.74, 6) is -0.228. The second-order valence-electron chi connectivity index (χ2n) is 8.72. The van der Waals surface area contributed by atoms with Gasteiger partial charge in [0.2, 0.25) is 0 Å². The monoisotopic (exact) mass is 454 g/mol. The molecule has 2 aliphatic heterocycles. The third kappa shape index (κ3) is 5.89. The highest BCUT2D eigenvalue weighted by Crippen LogP contribution is 2.25. The molecule has 8 heteroatoms. The van der Waals surface area contributed by atoms with E-state index in [1.54, 1.807) is 46.2 Å². The number of anilines is 1. The summed E-state index contributed by atoms with van der Waals surface area (Å²) < 4.78 is 18.4. The minimum Gasteiger partial charge on any atom is -0.447 e. The number of hydrogen-bond acceptors (Lipinski definition) is 5. The van der Waals surface area contributed by atoms with E-state index >= 15 is 0 Å². The number of cyclic esters (lactones) is 1. The number of unbranched alkanes of at least 4 members (excludes halogenated alkanes) is 2. The Hall–Kier alpha value is -2.97. The minimum absolute atomic E-state index is 0.0230. The van der Waals surface area contributed by atoms with Crippen LogP contribution in [0.3, 0.4) is 0 Å². The molecular formula is C25H31FN4O3. The van der Waals surface area contributed by atoms with Gasteiger partial charge in [-0.3, -0.25) is 20.5 Å². The lowest BCUT2D eigenvalue weighted by atomic mass is 9.99. The van der Waals surface area contributed by atoms with Gasteiger partial charge < -0.3 is 9.64 Å². The van der Waals surface area contributed by atoms with E-state index in [4.69, 9.17) is 4.74 Å². The Morgan fingerprint density at radius 3 is 2.70 bits per heavy atom. The summed E-state index contributed by atoms with van der Waals surface area (Å²) in [5, 5.41) is 0. The van der Waals surface area contributed by atoms with Crippen LogP contribution < -0.4 is 15.8 Å². The minimum atomic E-state index is -0.348. The van der Waals surface area contributed by atoms with Gasteiger partial charge in [0.25, 0.3) is 5.91 Å². The number of rotatable bonds is 9. The summed E-state index contributed by atoms with van der Waals surface area (Å²) in [6.45, 7) is 1.62. The number of nitrogens with one attached hydrogen (secondary N) is 2. The maximum Gasteiger partial charge on any atom is 0.414 e. The second-order valence-corrected chi connectivity index (χ2v) is 8.72. The molecule has 2 amide bonds. The molecule has 2 aromatic carbocycles. The second kappa shape index (κ2) is 10.8. The van der Waals surface area contributed by atoms with Crippen LogP contribution in [-0.4, -0.2) is 49.7 Å². The maximum atomic E-state index is 13.4. The van der Waals surface area contributed by atoms with Crippen molar-refractivity contribution in [2.24, 2.45) is 0 Å². The molecule has 2 atom stereocenters. The zero-order valence-corrected chi connectivity index (χ0v) is 18.9. The molecule has 0 radical (unpaired) electrons. The molecule has 2 aliphatic rings. The van der Waals surface area contributed by atoms with Gasteiger partial charge in [0, 0.05) is 36.9 Å². The van der Waals surface area contributed by atoms with Crippen LogP contribution in [0.25, 0.3) is 0 Å². The van der Waals surface area contributed by atoms with Crippen LogP contribution in [-0.2, 0) is 4.74 Å². The normalized spacial score (nSPS) is 20.2. The number of ether oxygens (including phenoxy) is 1. The Kier molecular flexibility index (Phi) is 7.57. The summed E-state index contributed by atoms with van der Waals surface area (Å²) in [6.07, 6.45) is 4.67. The van der Waals surface area contributed by atoms with E-state index < -0.39 is 0 Å². The van der Waals surface area contributed by atoms with Crippen molar-refractivity contribution in [1.82, 2.24) is 15.8 Å². The molecule has 2 N–H and O–H groups in total. The maximum absolute atomic E-state index is 13.4. The summed E-state index contributed by atoms with van der Waals surface area (Å²) in [7, 11) is 1.82. The first-order chi connectivity index (χ1) is 16.0. The molecule has 0 aliphatic carbocycles. The Morgan fingerprint density at radius 1 is 1.15 bits per heavy atom. The lowest BCUT2D eigenvalue weighted by Crippen LogP contribution is -2.31. The lowest BCUT2D eigenvalue weighted by molar-refractivity contribution is 0.0792. The zero-order valence-electron chi connectivity index (χ0n) is 18.9. The highest BCUT2D eigenvalue weighted by Gasteiger charge is 2.25.